The minimum Gasteiger partial charge on any atom is -0.352 e. The summed E-state index contributed by atoms with van der Waals surface area (Å²) in [6.45, 7) is 9.07. The van der Waals surface area contributed by atoms with E-state index in [2.05, 4.69) is 21.2 Å². The molecule has 0 spiro atoms. The number of hydrogen-bond donors (Lipinski definition) is 1. The van der Waals surface area contributed by atoms with Crippen molar-refractivity contribution >= 4 is 43.5 Å². The summed E-state index contributed by atoms with van der Waals surface area (Å²) in [5, 5.41) is 2.94. The first-order valence-electron chi connectivity index (χ1n) is 12.9. The molecule has 9 heteroatoms. The van der Waals surface area contributed by atoms with Crippen LogP contribution in [0.15, 0.2) is 82.2 Å². The third-order valence-electron chi connectivity index (χ3n) is 6.63. The summed E-state index contributed by atoms with van der Waals surface area (Å²) >= 11 is 3.41. The van der Waals surface area contributed by atoms with Crippen molar-refractivity contribution in [3.8, 4) is 0 Å². The lowest BCUT2D eigenvalue weighted by atomic mass is 10.1. The molecule has 0 saturated carbocycles. The molecule has 0 heterocycles. The van der Waals surface area contributed by atoms with Crippen LogP contribution in [0, 0.1) is 13.8 Å². The average Bonchev–Trinajstić information content (AvgIpc) is 2.90. The van der Waals surface area contributed by atoms with Crippen LogP contribution in [0.4, 0.5) is 5.69 Å². The van der Waals surface area contributed by atoms with Gasteiger partial charge in [0.25, 0.3) is 10.0 Å². The molecular formula is C30H36BrN3O4S. The highest BCUT2D eigenvalue weighted by molar-refractivity contribution is 9.10. The number of hydrogen-bond acceptors (Lipinski definition) is 4. The van der Waals surface area contributed by atoms with Crippen LogP contribution in [0.2, 0.25) is 0 Å². The maximum absolute atomic E-state index is 13.9. The highest BCUT2D eigenvalue weighted by atomic mass is 79.9. The van der Waals surface area contributed by atoms with E-state index in [1.165, 1.54) is 17.0 Å². The molecule has 7 nitrogen and oxygen atoms in total. The van der Waals surface area contributed by atoms with Gasteiger partial charge in [0, 0.05) is 17.1 Å². The van der Waals surface area contributed by atoms with Crippen LogP contribution in [0.25, 0.3) is 0 Å². The van der Waals surface area contributed by atoms with Crippen molar-refractivity contribution in [1.29, 1.82) is 0 Å². The zero-order valence-corrected chi connectivity index (χ0v) is 25.4. The summed E-state index contributed by atoms with van der Waals surface area (Å²) in [4.78, 5) is 28.6. The van der Waals surface area contributed by atoms with Crippen LogP contribution in [0.3, 0.4) is 0 Å². The van der Waals surface area contributed by atoms with Gasteiger partial charge in [-0.1, -0.05) is 76.4 Å². The lowest BCUT2D eigenvalue weighted by Gasteiger charge is -2.32. The zero-order chi connectivity index (χ0) is 28.7. The maximum atomic E-state index is 13.9. The van der Waals surface area contributed by atoms with E-state index in [4.69, 9.17) is 0 Å². The Bertz CT molecular complexity index is 1390. The number of benzene rings is 3. The third-order valence-corrected chi connectivity index (χ3v) is 8.91. The SMILES string of the molecule is CC[C@H](C)NC(=O)[C@H](C)N(Cc1ccc(C)cc1)C(=O)CN(c1cccc(Br)c1)S(=O)(=O)c1ccc(C)cc1. The van der Waals surface area contributed by atoms with Gasteiger partial charge in [-0.2, -0.15) is 0 Å². The number of rotatable bonds is 11. The van der Waals surface area contributed by atoms with Gasteiger partial charge in [0.2, 0.25) is 11.8 Å². The Labute approximate surface area is 240 Å². The van der Waals surface area contributed by atoms with Gasteiger partial charge in [0.1, 0.15) is 12.6 Å². The summed E-state index contributed by atoms with van der Waals surface area (Å²) < 4.78 is 29.5. The van der Waals surface area contributed by atoms with E-state index >= 15 is 0 Å². The highest BCUT2D eigenvalue weighted by Crippen LogP contribution is 2.27. The Morgan fingerprint density at radius 3 is 2.08 bits per heavy atom. The van der Waals surface area contributed by atoms with Crippen molar-refractivity contribution < 1.29 is 18.0 Å². The first-order chi connectivity index (χ1) is 18.4. The summed E-state index contributed by atoms with van der Waals surface area (Å²) in [6.07, 6.45) is 0.746. The molecule has 3 rings (SSSR count). The molecule has 39 heavy (non-hydrogen) atoms. The molecule has 0 fully saturated rings. The smallest absolute Gasteiger partial charge is 0.264 e. The van der Waals surface area contributed by atoms with Gasteiger partial charge in [-0.3, -0.25) is 13.9 Å². The van der Waals surface area contributed by atoms with Crippen LogP contribution in [0.1, 0.15) is 43.9 Å². The summed E-state index contributed by atoms with van der Waals surface area (Å²) in [7, 11) is -4.10. The van der Waals surface area contributed by atoms with E-state index < -0.39 is 28.5 Å². The molecule has 0 saturated heterocycles. The van der Waals surface area contributed by atoms with Gasteiger partial charge in [0.05, 0.1) is 10.6 Å². The number of sulfonamides is 1. The van der Waals surface area contributed by atoms with Crippen molar-refractivity contribution in [2.24, 2.45) is 0 Å². The van der Waals surface area contributed by atoms with E-state index in [0.29, 0.717) is 10.2 Å². The number of aryl methyl sites for hydroxylation is 2. The topological polar surface area (TPSA) is 86.8 Å². The Morgan fingerprint density at radius 1 is 0.923 bits per heavy atom. The zero-order valence-electron chi connectivity index (χ0n) is 23.0. The molecule has 0 aliphatic carbocycles. The third kappa shape index (κ3) is 7.92. The number of anilines is 1. The van der Waals surface area contributed by atoms with Crippen LogP contribution in [-0.4, -0.2) is 43.8 Å². The molecule has 3 aromatic rings. The Balaban J connectivity index is 2.02. The summed E-state index contributed by atoms with van der Waals surface area (Å²) in [6, 6.07) is 20.1. The van der Waals surface area contributed by atoms with Crippen LogP contribution in [0.5, 0.6) is 0 Å². The van der Waals surface area contributed by atoms with Crippen LogP contribution in [-0.2, 0) is 26.2 Å². The molecule has 208 valence electrons. The van der Waals surface area contributed by atoms with Gasteiger partial charge in [-0.05, 0) is 70.0 Å². The second-order valence-corrected chi connectivity index (χ2v) is 12.6. The van der Waals surface area contributed by atoms with E-state index in [1.807, 2.05) is 52.0 Å². The Hall–Kier alpha value is -3.17. The molecule has 2 atom stereocenters. The van der Waals surface area contributed by atoms with E-state index in [9.17, 15) is 18.0 Å². The molecule has 0 aromatic heterocycles. The number of nitrogens with zero attached hydrogens (tertiary/aromatic N) is 2. The molecule has 3 aromatic carbocycles. The van der Waals surface area contributed by atoms with E-state index in [-0.39, 0.29) is 23.4 Å². The molecule has 1 N–H and O–H groups in total. The molecule has 0 bridgehead atoms. The minimum absolute atomic E-state index is 0.0589. The van der Waals surface area contributed by atoms with Crippen LogP contribution < -0.4 is 9.62 Å². The Kier molecular flexibility index (Phi) is 10.3. The number of amides is 2. The first kappa shape index (κ1) is 30.4. The minimum atomic E-state index is -4.10. The van der Waals surface area contributed by atoms with Gasteiger partial charge in [-0.15, -0.1) is 0 Å². The highest BCUT2D eigenvalue weighted by Gasteiger charge is 2.32. The van der Waals surface area contributed by atoms with Gasteiger partial charge in [0.15, 0.2) is 0 Å². The maximum Gasteiger partial charge on any atom is 0.264 e. The molecule has 0 aliphatic rings. The summed E-state index contributed by atoms with van der Waals surface area (Å²) in [5.41, 5.74) is 3.17. The molecule has 0 aliphatic heterocycles. The van der Waals surface area contributed by atoms with Gasteiger partial charge >= 0.3 is 0 Å². The molecule has 0 radical (unpaired) electrons. The number of carbonyl (C=O) groups excluding carboxylic acids is 2. The van der Waals surface area contributed by atoms with Gasteiger partial charge in [-0.25, -0.2) is 8.42 Å². The Morgan fingerprint density at radius 2 is 1.51 bits per heavy atom. The molecular weight excluding hydrogens is 578 g/mol. The fourth-order valence-electron chi connectivity index (χ4n) is 3.94. The molecule has 0 unspecified atom stereocenters. The fourth-order valence-corrected chi connectivity index (χ4v) is 5.73. The number of nitrogens with one attached hydrogen (secondary N) is 1. The quantitative estimate of drug-likeness (QED) is 0.305. The fraction of sp³-hybridized carbons (Fsp3) is 0.333. The molecule has 2 amide bonds. The monoisotopic (exact) mass is 613 g/mol. The van der Waals surface area contributed by atoms with Crippen molar-refractivity contribution in [3.63, 3.8) is 0 Å². The van der Waals surface area contributed by atoms with Crippen molar-refractivity contribution in [2.45, 2.75) is 64.6 Å². The second-order valence-electron chi connectivity index (χ2n) is 9.81. The number of carbonyl (C=O) groups is 2. The predicted molar refractivity (Wildman–Crippen MR) is 159 cm³/mol. The first-order valence-corrected chi connectivity index (χ1v) is 15.2. The largest absolute Gasteiger partial charge is 0.352 e. The standard InChI is InChI=1S/C30H36BrN3O4S/c1-6-23(4)32-30(36)24(5)33(19-25-14-10-21(2)11-15-25)29(35)20-34(27-9-7-8-26(31)18-27)39(37,38)28-16-12-22(3)13-17-28/h7-18,23-24H,6,19-20H2,1-5H3,(H,32,36)/t23-,24-/m0/s1. The lowest BCUT2D eigenvalue weighted by Crippen LogP contribution is -2.52. The van der Waals surface area contributed by atoms with E-state index in [0.717, 1.165) is 27.4 Å². The van der Waals surface area contributed by atoms with Crippen molar-refractivity contribution in [1.82, 2.24) is 10.2 Å². The van der Waals surface area contributed by atoms with Crippen LogP contribution >= 0.6 is 15.9 Å². The normalized spacial score (nSPS) is 12.9. The lowest BCUT2D eigenvalue weighted by molar-refractivity contribution is -0.139. The summed E-state index contributed by atoms with van der Waals surface area (Å²) in [5.74, 6) is -0.779. The number of halogens is 1. The van der Waals surface area contributed by atoms with Crippen molar-refractivity contribution in [2.75, 3.05) is 10.8 Å². The second kappa shape index (κ2) is 13.3. The van der Waals surface area contributed by atoms with Gasteiger partial charge < -0.3 is 10.2 Å². The van der Waals surface area contributed by atoms with E-state index in [1.54, 1.807) is 43.3 Å². The predicted octanol–water partition coefficient (Wildman–Crippen LogP) is 5.59. The van der Waals surface area contributed by atoms with Crippen molar-refractivity contribution in [3.05, 3.63) is 94.0 Å². The average molecular weight is 615 g/mol.